The highest BCUT2D eigenvalue weighted by Crippen LogP contribution is 2.19. The zero-order chi connectivity index (χ0) is 17.7. The van der Waals surface area contributed by atoms with Gasteiger partial charge in [-0.25, -0.2) is 4.79 Å². The first kappa shape index (κ1) is 18.7. The van der Waals surface area contributed by atoms with Gasteiger partial charge in [-0.2, -0.15) is 0 Å². The topological polar surface area (TPSA) is 93.8 Å². The fraction of sp³-hybridized carbons (Fsp3) is 0.812. The first-order valence-corrected chi connectivity index (χ1v) is 8.72. The number of amides is 4. The van der Waals surface area contributed by atoms with E-state index in [2.05, 4.69) is 20.9 Å². The molecule has 8 nitrogen and oxygen atoms in total. The highest BCUT2D eigenvalue weighted by molar-refractivity contribution is 5.95. The molecule has 4 amide bonds. The van der Waals surface area contributed by atoms with Crippen LogP contribution in [0.1, 0.15) is 33.6 Å². The van der Waals surface area contributed by atoms with Crippen molar-refractivity contribution in [1.82, 2.24) is 25.8 Å². The SMILES string of the molecule is CC(C)NC(=O)NC(=O)CN1CCN(C(C)C(=O)NC2CC2)CC1. The van der Waals surface area contributed by atoms with Gasteiger partial charge in [0.2, 0.25) is 11.8 Å². The van der Waals surface area contributed by atoms with Gasteiger partial charge in [-0.3, -0.25) is 24.7 Å². The fourth-order valence-corrected chi connectivity index (χ4v) is 2.69. The lowest BCUT2D eigenvalue weighted by Crippen LogP contribution is -2.55. The predicted molar refractivity (Wildman–Crippen MR) is 90.5 cm³/mol. The van der Waals surface area contributed by atoms with E-state index in [0.29, 0.717) is 19.1 Å². The molecule has 1 saturated heterocycles. The molecule has 1 saturated carbocycles. The third-order valence-corrected chi connectivity index (χ3v) is 4.30. The van der Waals surface area contributed by atoms with E-state index < -0.39 is 6.03 Å². The van der Waals surface area contributed by atoms with E-state index in [4.69, 9.17) is 0 Å². The Morgan fingerprint density at radius 2 is 1.67 bits per heavy atom. The number of carbonyl (C=O) groups is 3. The zero-order valence-electron chi connectivity index (χ0n) is 14.8. The number of imide groups is 1. The summed E-state index contributed by atoms with van der Waals surface area (Å²) in [5, 5.41) is 7.98. The van der Waals surface area contributed by atoms with Crippen LogP contribution in [-0.4, -0.2) is 78.5 Å². The average molecular weight is 339 g/mol. The van der Waals surface area contributed by atoms with Crippen LogP contribution in [0, 0.1) is 0 Å². The van der Waals surface area contributed by atoms with E-state index >= 15 is 0 Å². The maximum Gasteiger partial charge on any atom is 0.321 e. The second kappa shape index (κ2) is 8.43. The molecular weight excluding hydrogens is 310 g/mol. The Hall–Kier alpha value is -1.67. The van der Waals surface area contributed by atoms with Gasteiger partial charge in [0.25, 0.3) is 0 Å². The Morgan fingerprint density at radius 3 is 2.21 bits per heavy atom. The van der Waals surface area contributed by atoms with Crippen LogP contribution in [0.2, 0.25) is 0 Å². The number of urea groups is 1. The van der Waals surface area contributed by atoms with Gasteiger partial charge in [0, 0.05) is 38.3 Å². The molecule has 136 valence electrons. The van der Waals surface area contributed by atoms with Crippen molar-refractivity contribution in [3.05, 3.63) is 0 Å². The number of nitrogens with zero attached hydrogens (tertiary/aromatic N) is 2. The second-order valence-corrected chi connectivity index (χ2v) is 6.95. The lowest BCUT2D eigenvalue weighted by atomic mass is 10.2. The fourth-order valence-electron chi connectivity index (χ4n) is 2.69. The Balaban J connectivity index is 1.67. The predicted octanol–water partition coefficient (Wildman–Crippen LogP) is -0.495. The largest absolute Gasteiger partial charge is 0.352 e. The van der Waals surface area contributed by atoms with Crippen LogP contribution in [0.25, 0.3) is 0 Å². The summed E-state index contributed by atoms with van der Waals surface area (Å²) in [5.74, 6) is -0.213. The smallest absolute Gasteiger partial charge is 0.321 e. The molecule has 2 rings (SSSR count). The molecule has 24 heavy (non-hydrogen) atoms. The van der Waals surface area contributed by atoms with Gasteiger partial charge in [-0.15, -0.1) is 0 Å². The van der Waals surface area contributed by atoms with Crippen molar-refractivity contribution >= 4 is 17.8 Å². The molecule has 1 atom stereocenters. The number of rotatable bonds is 6. The number of piperazine rings is 1. The molecule has 1 aliphatic heterocycles. The quantitative estimate of drug-likeness (QED) is 0.607. The molecule has 8 heteroatoms. The minimum atomic E-state index is -0.459. The zero-order valence-corrected chi connectivity index (χ0v) is 14.8. The van der Waals surface area contributed by atoms with Crippen molar-refractivity contribution in [3.63, 3.8) is 0 Å². The summed E-state index contributed by atoms with van der Waals surface area (Å²) in [6.45, 7) is 8.70. The van der Waals surface area contributed by atoms with Gasteiger partial charge in [-0.05, 0) is 33.6 Å². The second-order valence-electron chi connectivity index (χ2n) is 6.95. The van der Waals surface area contributed by atoms with E-state index in [0.717, 1.165) is 25.9 Å². The van der Waals surface area contributed by atoms with E-state index in [1.165, 1.54) is 0 Å². The van der Waals surface area contributed by atoms with Crippen molar-refractivity contribution in [1.29, 1.82) is 0 Å². The van der Waals surface area contributed by atoms with Gasteiger partial charge in [0.05, 0.1) is 12.6 Å². The summed E-state index contributed by atoms with van der Waals surface area (Å²) in [6, 6.07) is -0.232. The number of nitrogens with one attached hydrogen (secondary N) is 3. The van der Waals surface area contributed by atoms with Crippen molar-refractivity contribution in [3.8, 4) is 0 Å². The van der Waals surface area contributed by atoms with Crippen LogP contribution in [0.3, 0.4) is 0 Å². The van der Waals surface area contributed by atoms with Gasteiger partial charge in [0.1, 0.15) is 0 Å². The molecule has 0 aromatic heterocycles. The molecule has 0 radical (unpaired) electrons. The summed E-state index contributed by atoms with van der Waals surface area (Å²) in [7, 11) is 0. The highest BCUT2D eigenvalue weighted by atomic mass is 16.2. The summed E-state index contributed by atoms with van der Waals surface area (Å²) >= 11 is 0. The Morgan fingerprint density at radius 1 is 1.04 bits per heavy atom. The maximum atomic E-state index is 12.1. The Bertz CT molecular complexity index is 470. The molecule has 0 bridgehead atoms. The van der Waals surface area contributed by atoms with Crippen molar-refractivity contribution in [2.24, 2.45) is 0 Å². The van der Waals surface area contributed by atoms with E-state index in [9.17, 15) is 14.4 Å². The molecule has 0 aromatic rings. The molecule has 1 unspecified atom stereocenters. The molecule has 0 aromatic carbocycles. The first-order chi connectivity index (χ1) is 11.3. The van der Waals surface area contributed by atoms with Crippen LogP contribution in [0.5, 0.6) is 0 Å². The molecular formula is C16H29N5O3. The molecule has 2 aliphatic rings. The molecule has 3 N–H and O–H groups in total. The monoisotopic (exact) mass is 339 g/mol. The van der Waals surface area contributed by atoms with Crippen LogP contribution in [0.4, 0.5) is 4.79 Å². The third kappa shape index (κ3) is 6.09. The summed E-state index contributed by atoms with van der Waals surface area (Å²) in [5.41, 5.74) is 0. The van der Waals surface area contributed by atoms with Crippen molar-refractivity contribution in [2.75, 3.05) is 32.7 Å². The maximum absolute atomic E-state index is 12.1. The van der Waals surface area contributed by atoms with Crippen LogP contribution >= 0.6 is 0 Å². The lowest BCUT2D eigenvalue weighted by Gasteiger charge is -2.37. The minimum absolute atomic E-state index is 0.00961. The van der Waals surface area contributed by atoms with Gasteiger partial charge < -0.3 is 10.6 Å². The van der Waals surface area contributed by atoms with Gasteiger partial charge in [-0.1, -0.05) is 0 Å². The first-order valence-electron chi connectivity index (χ1n) is 8.72. The van der Waals surface area contributed by atoms with Crippen LogP contribution < -0.4 is 16.0 Å². The average Bonchev–Trinajstić information content (AvgIpc) is 3.30. The molecule has 0 spiro atoms. The Labute approximate surface area is 143 Å². The number of hydrogen-bond acceptors (Lipinski definition) is 5. The number of carbonyl (C=O) groups excluding carboxylic acids is 3. The van der Waals surface area contributed by atoms with E-state index in [-0.39, 0.29) is 30.4 Å². The van der Waals surface area contributed by atoms with Crippen molar-refractivity contribution in [2.45, 2.75) is 51.7 Å². The summed E-state index contributed by atoms with van der Waals surface area (Å²) in [4.78, 5) is 39.6. The summed E-state index contributed by atoms with van der Waals surface area (Å²) in [6.07, 6.45) is 2.18. The number of hydrogen-bond donors (Lipinski definition) is 3. The van der Waals surface area contributed by atoms with Crippen LogP contribution in [-0.2, 0) is 9.59 Å². The summed E-state index contributed by atoms with van der Waals surface area (Å²) < 4.78 is 0. The van der Waals surface area contributed by atoms with Crippen LogP contribution in [0.15, 0.2) is 0 Å². The minimum Gasteiger partial charge on any atom is -0.352 e. The standard InChI is InChI=1S/C16H29N5O3/c1-11(2)17-16(24)19-14(22)10-20-6-8-21(9-7-20)12(3)15(23)18-13-4-5-13/h11-13H,4-10H2,1-3H3,(H,18,23)(H2,17,19,22,24). The lowest BCUT2D eigenvalue weighted by molar-refractivity contribution is -0.127. The molecule has 1 heterocycles. The highest BCUT2D eigenvalue weighted by Gasteiger charge is 2.30. The van der Waals surface area contributed by atoms with E-state index in [1.807, 2.05) is 25.7 Å². The normalized spacial score (nSPS) is 20.5. The Kier molecular flexibility index (Phi) is 6.56. The van der Waals surface area contributed by atoms with Gasteiger partial charge >= 0.3 is 6.03 Å². The third-order valence-electron chi connectivity index (χ3n) is 4.30. The molecule has 2 fully saturated rings. The molecule has 1 aliphatic carbocycles. The van der Waals surface area contributed by atoms with Crippen molar-refractivity contribution < 1.29 is 14.4 Å². The van der Waals surface area contributed by atoms with Gasteiger partial charge in [0.15, 0.2) is 0 Å². The van der Waals surface area contributed by atoms with E-state index in [1.54, 1.807) is 0 Å².